The van der Waals surface area contributed by atoms with Gasteiger partial charge < -0.3 is 9.47 Å². The Morgan fingerprint density at radius 3 is 2.67 bits per heavy atom. The molecule has 0 saturated carbocycles. The van der Waals surface area contributed by atoms with Gasteiger partial charge in [-0.3, -0.25) is 9.69 Å². The largest absolute Gasteiger partial charge is 0.469 e. The normalized spacial score (nSPS) is 21.9. The van der Waals surface area contributed by atoms with E-state index in [0.717, 1.165) is 26.1 Å². The number of hydrogen-bond donors (Lipinski definition) is 0. The summed E-state index contributed by atoms with van der Waals surface area (Å²) in [5.74, 6) is -0.108. The maximum absolute atomic E-state index is 11.4. The molecule has 18 heavy (non-hydrogen) atoms. The van der Waals surface area contributed by atoms with E-state index in [4.69, 9.17) is 9.47 Å². The first-order valence-corrected chi connectivity index (χ1v) is 6.87. The molecule has 0 aromatic heterocycles. The predicted molar refractivity (Wildman–Crippen MR) is 71.6 cm³/mol. The zero-order valence-corrected chi connectivity index (χ0v) is 12.2. The van der Waals surface area contributed by atoms with Gasteiger partial charge in [0.15, 0.2) is 0 Å². The van der Waals surface area contributed by atoms with Gasteiger partial charge in [-0.2, -0.15) is 0 Å². The van der Waals surface area contributed by atoms with Crippen LogP contribution in [0.1, 0.15) is 46.5 Å². The first kappa shape index (κ1) is 15.4. The summed E-state index contributed by atoms with van der Waals surface area (Å²) in [5.41, 5.74) is -0.0897. The second-order valence-electron chi connectivity index (χ2n) is 5.93. The summed E-state index contributed by atoms with van der Waals surface area (Å²) in [6.45, 7) is 8.88. The lowest BCUT2D eigenvalue weighted by Gasteiger charge is -2.35. The Kier molecular flexibility index (Phi) is 6.09. The van der Waals surface area contributed by atoms with Crippen molar-refractivity contribution in [2.75, 3.05) is 26.8 Å². The predicted octanol–water partition coefficient (Wildman–Crippen LogP) is 2.22. The molecule has 106 valence electrons. The molecule has 0 N–H and O–H groups in total. The Morgan fingerprint density at radius 2 is 2.06 bits per heavy atom. The van der Waals surface area contributed by atoms with Gasteiger partial charge in [-0.1, -0.05) is 6.42 Å². The van der Waals surface area contributed by atoms with Crippen molar-refractivity contribution in [3.8, 4) is 0 Å². The highest BCUT2D eigenvalue weighted by molar-refractivity contribution is 5.69. The molecule has 1 aliphatic heterocycles. The molecule has 1 aliphatic rings. The van der Waals surface area contributed by atoms with E-state index in [1.54, 1.807) is 0 Å². The molecule has 4 heteroatoms. The molecule has 0 amide bonds. The Hall–Kier alpha value is -0.610. The number of ether oxygens (including phenoxy) is 2. The molecule has 4 nitrogen and oxygen atoms in total. The van der Waals surface area contributed by atoms with E-state index in [1.807, 2.05) is 0 Å². The summed E-state index contributed by atoms with van der Waals surface area (Å²) < 4.78 is 10.5. The summed E-state index contributed by atoms with van der Waals surface area (Å²) in [7, 11) is 1.46. The second kappa shape index (κ2) is 7.10. The Balaban J connectivity index is 2.37. The van der Waals surface area contributed by atoms with Crippen LogP contribution in [-0.2, 0) is 14.3 Å². The molecule has 1 fully saturated rings. The van der Waals surface area contributed by atoms with Gasteiger partial charge in [0.05, 0.1) is 25.7 Å². The number of nitrogens with zero attached hydrogens (tertiary/aromatic N) is 1. The fourth-order valence-corrected chi connectivity index (χ4v) is 2.33. The fraction of sp³-hybridized carbons (Fsp3) is 0.929. The zero-order valence-electron chi connectivity index (χ0n) is 12.2. The number of carbonyl (C=O) groups is 1. The van der Waals surface area contributed by atoms with Crippen LogP contribution in [0.15, 0.2) is 0 Å². The van der Waals surface area contributed by atoms with Gasteiger partial charge in [-0.25, -0.2) is 0 Å². The maximum Gasteiger partial charge on any atom is 0.307 e. The van der Waals surface area contributed by atoms with Gasteiger partial charge in [-0.05, 0) is 40.2 Å². The lowest BCUT2D eigenvalue weighted by Crippen LogP contribution is -2.43. The molecule has 0 aromatic rings. The molecule has 1 atom stereocenters. The fourth-order valence-electron chi connectivity index (χ4n) is 2.33. The zero-order chi connectivity index (χ0) is 13.6. The summed E-state index contributed by atoms with van der Waals surface area (Å²) >= 11 is 0. The maximum atomic E-state index is 11.4. The number of likely N-dealkylation sites (tertiary alicyclic amines) is 1. The van der Waals surface area contributed by atoms with Crippen LogP contribution in [0.4, 0.5) is 0 Å². The van der Waals surface area contributed by atoms with Crippen molar-refractivity contribution in [3.05, 3.63) is 0 Å². The minimum absolute atomic E-state index is 0.0897. The topological polar surface area (TPSA) is 38.8 Å². The minimum Gasteiger partial charge on any atom is -0.469 e. The van der Waals surface area contributed by atoms with E-state index in [1.165, 1.54) is 20.0 Å². The van der Waals surface area contributed by atoms with Crippen LogP contribution in [0.2, 0.25) is 0 Å². The molecule has 1 unspecified atom stereocenters. The van der Waals surface area contributed by atoms with E-state index in [-0.39, 0.29) is 11.6 Å². The van der Waals surface area contributed by atoms with E-state index in [9.17, 15) is 4.79 Å². The van der Waals surface area contributed by atoms with Gasteiger partial charge in [0, 0.05) is 12.6 Å². The molecule has 0 aromatic carbocycles. The molecule has 0 bridgehead atoms. The smallest absolute Gasteiger partial charge is 0.307 e. The SMILES string of the molecule is COC(=O)CC1CCCCN1CCOC(C)(C)C. The number of rotatable bonds is 5. The van der Waals surface area contributed by atoms with Crippen molar-refractivity contribution in [2.24, 2.45) is 0 Å². The molecule has 0 radical (unpaired) electrons. The van der Waals surface area contributed by atoms with Crippen LogP contribution < -0.4 is 0 Å². The van der Waals surface area contributed by atoms with Crippen molar-refractivity contribution >= 4 is 5.97 Å². The van der Waals surface area contributed by atoms with Crippen LogP contribution >= 0.6 is 0 Å². The lowest BCUT2D eigenvalue weighted by atomic mass is 9.99. The Morgan fingerprint density at radius 1 is 1.33 bits per heavy atom. The van der Waals surface area contributed by atoms with Gasteiger partial charge in [0.25, 0.3) is 0 Å². The standard InChI is InChI=1S/C14H27NO3/c1-14(2,3)18-10-9-15-8-6-5-7-12(15)11-13(16)17-4/h12H,5-11H2,1-4H3. The van der Waals surface area contributed by atoms with Crippen LogP contribution in [0.25, 0.3) is 0 Å². The third kappa shape index (κ3) is 5.83. The number of hydrogen-bond acceptors (Lipinski definition) is 4. The van der Waals surface area contributed by atoms with Crippen molar-refractivity contribution in [1.82, 2.24) is 4.90 Å². The van der Waals surface area contributed by atoms with Gasteiger partial charge in [0.1, 0.15) is 0 Å². The summed E-state index contributed by atoms with van der Waals surface area (Å²) in [6, 6.07) is 0.328. The van der Waals surface area contributed by atoms with E-state index >= 15 is 0 Å². The number of carbonyl (C=O) groups excluding carboxylic acids is 1. The molecule has 0 aliphatic carbocycles. The molecule has 1 saturated heterocycles. The molecular weight excluding hydrogens is 230 g/mol. The Labute approximate surface area is 111 Å². The second-order valence-corrected chi connectivity index (χ2v) is 5.93. The highest BCUT2D eigenvalue weighted by Crippen LogP contribution is 2.20. The highest BCUT2D eigenvalue weighted by Gasteiger charge is 2.25. The molecule has 0 spiro atoms. The summed E-state index contributed by atoms with van der Waals surface area (Å²) in [6.07, 6.45) is 4.02. The van der Waals surface area contributed by atoms with Crippen molar-refractivity contribution < 1.29 is 14.3 Å². The first-order chi connectivity index (χ1) is 8.42. The van der Waals surface area contributed by atoms with Gasteiger partial charge in [-0.15, -0.1) is 0 Å². The van der Waals surface area contributed by atoms with Gasteiger partial charge >= 0.3 is 5.97 Å². The average molecular weight is 257 g/mol. The summed E-state index contributed by atoms with van der Waals surface area (Å²) in [4.78, 5) is 13.7. The van der Waals surface area contributed by atoms with E-state index < -0.39 is 0 Å². The van der Waals surface area contributed by atoms with Crippen LogP contribution in [-0.4, -0.2) is 49.3 Å². The lowest BCUT2D eigenvalue weighted by molar-refractivity contribution is -0.142. The molecule has 1 heterocycles. The van der Waals surface area contributed by atoms with Crippen LogP contribution in [0.5, 0.6) is 0 Å². The quantitative estimate of drug-likeness (QED) is 0.708. The number of methoxy groups -OCH3 is 1. The third-order valence-corrected chi connectivity index (χ3v) is 3.29. The minimum atomic E-state index is -0.108. The van der Waals surface area contributed by atoms with Crippen LogP contribution in [0.3, 0.4) is 0 Å². The van der Waals surface area contributed by atoms with E-state index in [2.05, 4.69) is 25.7 Å². The number of esters is 1. The average Bonchev–Trinajstić information content (AvgIpc) is 2.29. The monoisotopic (exact) mass is 257 g/mol. The van der Waals surface area contributed by atoms with Gasteiger partial charge in [0.2, 0.25) is 0 Å². The van der Waals surface area contributed by atoms with Crippen LogP contribution in [0, 0.1) is 0 Å². The third-order valence-electron chi connectivity index (χ3n) is 3.29. The van der Waals surface area contributed by atoms with E-state index in [0.29, 0.717) is 12.5 Å². The highest BCUT2D eigenvalue weighted by atomic mass is 16.5. The first-order valence-electron chi connectivity index (χ1n) is 6.87. The number of piperidine rings is 1. The van der Waals surface area contributed by atoms with Crippen molar-refractivity contribution in [1.29, 1.82) is 0 Å². The summed E-state index contributed by atoms with van der Waals surface area (Å²) in [5, 5.41) is 0. The molecular formula is C14H27NO3. The molecule has 1 rings (SSSR count). The van der Waals surface area contributed by atoms with Crippen molar-refractivity contribution in [3.63, 3.8) is 0 Å². The van der Waals surface area contributed by atoms with Crippen molar-refractivity contribution in [2.45, 2.75) is 58.1 Å². The Bertz CT molecular complexity index is 260.